The summed E-state index contributed by atoms with van der Waals surface area (Å²) < 4.78 is 10.8. The van der Waals surface area contributed by atoms with Crippen LogP contribution in [0.25, 0.3) is 0 Å². The quantitative estimate of drug-likeness (QED) is 0.893. The van der Waals surface area contributed by atoms with Gasteiger partial charge in [-0.15, -0.1) is 0 Å². The minimum Gasteiger partial charge on any atom is -0.465 e. The molecule has 0 amide bonds. The van der Waals surface area contributed by atoms with Crippen LogP contribution in [0.3, 0.4) is 0 Å². The Kier molecular flexibility index (Phi) is 4.10. The largest absolute Gasteiger partial charge is 0.465 e. The number of nitrogens with one attached hydrogen (secondary N) is 1. The smallest absolute Gasteiger partial charge is 0.137 e. The van der Waals surface area contributed by atoms with E-state index in [0.29, 0.717) is 5.92 Å². The van der Waals surface area contributed by atoms with Gasteiger partial charge >= 0.3 is 0 Å². The first kappa shape index (κ1) is 13.9. The SMILES string of the molecule is Cc1ccc([C@H](C)NC[C@H](C)c2c(C)noc2C)o1. The molecule has 0 aliphatic heterocycles. The van der Waals surface area contributed by atoms with Crippen molar-refractivity contribution in [2.45, 2.75) is 46.6 Å². The molecule has 2 rings (SSSR count). The van der Waals surface area contributed by atoms with Gasteiger partial charge < -0.3 is 14.3 Å². The summed E-state index contributed by atoms with van der Waals surface area (Å²) in [6, 6.07) is 4.22. The Labute approximate surface area is 114 Å². The maximum atomic E-state index is 5.62. The van der Waals surface area contributed by atoms with E-state index in [4.69, 9.17) is 8.94 Å². The second kappa shape index (κ2) is 5.61. The minimum atomic E-state index is 0.205. The van der Waals surface area contributed by atoms with E-state index in [1.165, 1.54) is 5.56 Å². The maximum absolute atomic E-state index is 5.62. The molecule has 0 bridgehead atoms. The van der Waals surface area contributed by atoms with Crippen LogP contribution < -0.4 is 5.32 Å². The number of rotatable bonds is 5. The van der Waals surface area contributed by atoms with Gasteiger partial charge in [0.25, 0.3) is 0 Å². The van der Waals surface area contributed by atoms with Gasteiger partial charge in [-0.3, -0.25) is 0 Å². The van der Waals surface area contributed by atoms with Gasteiger partial charge in [0.15, 0.2) is 0 Å². The van der Waals surface area contributed by atoms with Crippen molar-refractivity contribution in [1.82, 2.24) is 10.5 Å². The topological polar surface area (TPSA) is 51.2 Å². The van der Waals surface area contributed by atoms with Crippen LogP contribution in [0.15, 0.2) is 21.1 Å². The minimum absolute atomic E-state index is 0.205. The number of nitrogens with zero attached hydrogens (tertiary/aromatic N) is 1. The summed E-state index contributed by atoms with van der Waals surface area (Å²) in [6.45, 7) is 11.1. The van der Waals surface area contributed by atoms with E-state index in [0.717, 1.165) is 29.5 Å². The molecule has 4 nitrogen and oxygen atoms in total. The Morgan fingerprint density at radius 2 is 1.95 bits per heavy atom. The highest BCUT2D eigenvalue weighted by Crippen LogP contribution is 2.23. The van der Waals surface area contributed by atoms with Gasteiger partial charge in [0.05, 0.1) is 11.7 Å². The van der Waals surface area contributed by atoms with E-state index in [9.17, 15) is 0 Å². The Morgan fingerprint density at radius 3 is 2.47 bits per heavy atom. The van der Waals surface area contributed by atoms with E-state index in [1.54, 1.807) is 0 Å². The van der Waals surface area contributed by atoms with Crippen LogP contribution in [-0.4, -0.2) is 11.7 Å². The summed E-state index contributed by atoms with van der Waals surface area (Å²) in [5, 5.41) is 7.50. The predicted octanol–water partition coefficient (Wildman–Crippen LogP) is 3.65. The molecule has 0 fully saturated rings. The third kappa shape index (κ3) is 3.07. The number of hydrogen-bond donors (Lipinski definition) is 1. The lowest BCUT2D eigenvalue weighted by Gasteiger charge is -2.16. The Bertz CT molecular complexity index is 523. The van der Waals surface area contributed by atoms with Crippen molar-refractivity contribution in [3.8, 4) is 0 Å². The molecule has 4 heteroatoms. The fraction of sp³-hybridized carbons (Fsp3) is 0.533. The van der Waals surface area contributed by atoms with Gasteiger partial charge in [0, 0.05) is 12.1 Å². The summed E-state index contributed by atoms with van der Waals surface area (Å²) in [7, 11) is 0. The molecular formula is C15H22N2O2. The summed E-state index contributed by atoms with van der Waals surface area (Å²) in [5.41, 5.74) is 2.18. The fourth-order valence-electron chi connectivity index (χ4n) is 2.44. The highest BCUT2D eigenvalue weighted by molar-refractivity contribution is 5.25. The predicted molar refractivity (Wildman–Crippen MR) is 74.3 cm³/mol. The summed E-state index contributed by atoms with van der Waals surface area (Å²) in [6.07, 6.45) is 0. The van der Waals surface area contributed by atoms with Crippen LogP contribution in [0.5, 0.6) is 0 Å². The van der Waals surface area contributed by atoms with E-state index in [-0.39, 0.29) is 6.04 Å². The van der Waals surface area contributed by atoms with E-state index in [1.807, 2.05) is 32.9 Å². The van der Waals surface area contributed by atoms with Gasteiger partial charge in [-0.1, -0.05) is 12.1 Å². The van der Waals surface area contributed by atoms with Crippen LogP contribution in [0.1, 0.15) is 54.3 Å². The maximum Gasteiger partial charge on any atom is 0.137 e. The highest BCUT2D eigenvalue weighted by Gasteiger charge is 2.17. The van der Waals surface area contributed by atoms with Crippen LogP contribution in [-0.2, 0) is 0 Å². The highest BCUT2D eigenvalue weighted by atomic mass is 16.5. The molecule has 1 N–H and O–H groups in total. The van der Waals surface area contributed by atoms with Gasteiger partial charge in [-0.05, 0) is 45.7 Å². The van der Waals surface area contributed by atoms with Crippen molar-refractivity contribution in [3.05, 3.63) is 40.7 Å². The molecule has 0 saturated heterocycles. The first-order chi connectivity index (χ1) is 8.99. The van der Waals surface area contributed by atoms with Crippen molar-refractivity contribution in [2.75, 3.05) is 6.54 Å². The van der Waals surface area contributed by atoms with E-state index < -0.39 is 0 Å². The number of hydrogen-bond acceptors (Lipinski definition) is 4. The number of aryl methyl sites for hydroxylation is 3. The zero-order valence-corrected chi connectivity index (χ0v) is 12.3. The monoisotopic (exact) mass is 262 g/mol. The Hall–Kier alpha value is -1.55. The van der Waals surface area contributed by atoms with Crippen molar-refractivity contribution in [2.24, 2.45) is 0 Å². The van der Waals surface area contributed by atoms with E-state index >= 15 is 0 Å². The lowest BCUT2D eigenvalue weighted by atomic mass is 9.99. The van der Waals surface area contributed by atoms with Crippen LogP contribution in [0.4, 0.5) is 0 Å². The molecule has 104 valence electrons. The Balaban J connectivity index is 1.95. The van der Waals surface area contributed by atoms with Gasteiger partial charge in [-0.2, -0.15) is 0 Å². The van der Waals surface area contributed by atoms with Crippen molar-refractivity contribution in [1.29, 1.82) is 0 Å². The standard InChI is InChI=1S/C15H22N2O2/c1-9(15-12(4)17-19-13(15)5)8-16-11(3)14-7-6-10(2)18-14/h6-7,9,11,16H,8H2,1-5H3/t9-,11-/m0/s1. The average Bonchev–Trinajstić information content (AvgIpc) is 2.93. The third-order valence-electron chi connectivity index (χ3n) is 3.50. The molecule has 0 aliphatic rings. The molecule has 2 heterocycles. The van der Waals surface area contributed by atoms with Crippen molar-refractivity contribution >= 4 is 0 Å². The molecule has 0 saturated carbocycles. The lowest BCUT2D eigenvalue weighted by Crippen LogP contribution is -2.23. The normalized spacial score (nSPS) is 14.6. The number of aromatic nitrogens is 1. The van der Waals surface area contributed by atoms with Gasteiger partial charge in [-0.25, -0.2) is 0 Å². The third-order valence-corrected chi connectivity index (χ3v) is 3.50. The molecular weight excluding hydrogens is 240 g/mol. The van der Waals surface area contributed by atoms with Crippen molar-refractivity contribution < 1.29 is 8.94 Å². The van der Waals surface area contributed by atoms with Crippen LogP contribution in [0, 0.1) is 20.8 Å². The summed E-state index contributed by atoms with van der Waals surface area (Å²) in [5.74, 6) is 3.20. The van der Waals surface area contributed by atoms with Gasteiger partial charge in [0.1, 0.15) is 17.3 Å². The lowest BCUT2D eigenvalue weighted by molar-refractivity contribution is 0.389. The van der Waals surface area contributed by atoms with Crippen molar-refractivity contribution in [3.63, 3.8) is 0 Å². The first-order valence-corrected chi connectivity index (χ1v) is 6.71. The molecule has 2 aromatic heterocycles. The second-order valence-corrected chi connectivity index (χ2v) is 5.22. The molecule has 0 aromatic carbocycles. The van der Waals surface area contributed by atoms with Crippen LogP contribution in [0.2, 0.25) is 0 Å². The first-order valence-electron chi connectivity index (χ1n) is 6.71. The van der Waals surface area contributed by atoms with E-state index in [2.05, 4.69) is 24.3 Å². The summed E-state index contributed by atoms with van der Waals surface area (Å²) >= 11 is 0. The average molecular weight is 262 g/mol. The molecule has 0 unspecified atom stereocenters. The second-order valence-electron chi connectivity index (χ2n) is 5.22. The molecule has 2 atom stereocenters. The zero-order chi connectivity index (χ0) is 14.0. The van der Waals surface area contributed by atoms with Crippen LogP contribution >= 0.6 is 0 Å². The molecule has 19 heavy (non-hydrogen) atoms. The Morgan fingerprint density at radius 1 is 1.21 bits per heavy atom. The van der Waals surface area contributed by atoms with Gasteiger partial charge in [0.2, 0.25) is 0 Å². The fourth-order valence-corrected chi connectivity index (χ4v) is 2.44. The zero-order valence-electron chi connectivity index (χ0n) is 12.3. The molecule has 2 aromatic rings. The molecule has 0 aliphatic carbocycles. The molecule has 0 radical (unpaired) electrons. The summed E-state index contributed by atoms with van der Waals surface area (Å²) in [4.78, 5) is 0. The molecule has 0 spiro atoms. The number of furan rings is 1.